The Bertz CT molecular complexity index is 479. The van der Waals surface area contributed by atoms with E-state index in [-0.39, 0.29) is 18.0 Å². The largest absolute Gasteiger partial charge is 0.469 e. The molecule has 3 nitrogen and oxygen atoms in total. The first-order chi connectivity index (χ1) is 8.70. The van der Waals surface area contributed by atoms with E-state index < -0.39 is 11.6 Å². The van der Waals surface area contributed by atoms with Gasteiger partial charge in [-0.1, -0.05) is 6.07 Å². The topological polar surface area (TPSA) is 51.2 Å². The van der Waals surface area contributed by atoms with E-state index in [1.54, 1.807) is 18.4 Å². The lowest BCUT2D eigenvalue weighted by Gasteiger charge is -2.15. The summed E-state index contributed by atoms with van der Waals surface area (Å²) in [6, 6.07) is 7.07. The Labute approximate surface area is 104 Å². The fourth-order valence-electron chi connectivity index (χ4n) is 1.84. The highest BCUT2D eigenvalue weighted by atomic mass is 19.1. The average molecular weight is 252 g/mol. The first kappa shape index (κ1) is 12.7. The van der Waals surface area contributed by atoms with E-state index in [2.05, 4.69) is 5.43 Å². The molecule has 96 valence electrons. The Morgan fingerprint density at radius 2 is 1.83 bits per heavy atom. The SMILES string of the molecule is NNC(Cc1ccco1)Cc1c(F)cccc1F. The Morgan fingerprint density at radius 3 is 2.39 bits per heavy atom. The second kappa shape index (κ2) is 5.75. The summed E-state index contributed by atoms with van der Waals surface area (Å²) in [6.45, 7) is 0. The lowest BCUT2D eigenvalue weighted by molar-refractivity contribution is 0.433. The number of benzene rings is 1. The van der Waals surface area contributed by atoms with Crippen LogP contribution in [0.2, 0.25) is 0 Å². The van der Waals surface area contributed by atoms with Crippen molar-refractivity contribution in [1.29, 1.82) is 0 Å². The van der Waals surface area contributed by atoms with Crippen molar-refractivity contribution in [3.8, 4) is 0 Å². The summed E-state index contributed by atoms with van der Waals surface area (Å²) in [5.41, 5.74) is 2.58. The van der Waals surface area contributed by atoms with Crippen LogP contribution in [0, 0.1) is 11.6 Å². The van der Waals surface area contributed by atoms with Crippen molar-refractivity contribution in [3.63, 3.8) is 0 Å². The maximum Gasteiger partial charge on any atom is 0.129 e. The third kappa shape index (κ3) is 2.94. The predicted molar refractivity (Wildman–Crippen MR) is 63.6 cm³/mol. The highest BCUT2D eigenvalue weighted by Gasteiger charge is 2.16. The van der Waals surface area contributed by atoms with Gasteiger partial charge in [0.05, 0.1) is 6.26 Å². The van der Waals surface area contributed by atoms with Gasteiger partial charge in [0.15, 0.2) is 0 Å². The molecule has 0 saturated heterocycles. The third-order valence-electron chi connectivity index (χ3n) is 2.78. The minimum Gasteiger partial charge on any atom is -0.469 e. The summed E-state index contributed by atoms with van der Waals surface area (Å²) in [7, 11) is 0. The Morgan fingerprint density at radius 1 is 1.11 bits per heavy atom. The molecule has 3 N–H and O–H groups in total. The van der Waals surface area contributed by atoms with Gasteiger partial charge in [-0.05, 0) is 30.7 Å². The molecule has 1 atom stereocenters. The van der Waals surface area contributed by atoms with Crippen molar-refractivity contribution in [3.05, 3.63) is 59.6 Å². The molecule has 0 fully saturated rings. The predicted octanol–water partition coefficient (Wildman–Crippen LogP) is 2.17. The molecule has 2 rings (SSSR count). The van der Waals surface area contributed by atoms with E-state index in [0.717, 1.165) is 5.76 Å². The van der Waals surface area contributed by atoms with Gasteiger partial charge in [-0.3, -0.25) is 11.3 Å². The quantitative estimate of drug-likeness (QED) is 0.633. The van der Waals surface area contributed by atoms with Crippen LogP contribution in [0.1, 0.15) is 11.3 Å². The molecule has 0 aliphatic carbocycles. The summed E-state index contributed by atoms with van der Waals surface area (Å²) < 4.78 is 32.2. The minimum atomic E-state index is -0.560. The van der Waals surface area contributed by atoms with Gasteiger partial charge in [-0.25, -0.2) is 8.78 Å². The molecule has 0 radical (unpaired) electrons. The summed E-state index contributed by atoms with van der Waals surface area (Å²) in [4.78, 5) is 0. The normalized spacial score (nSPS) is 12.6. The van der Waals surface area contributed by atoms with E-state index in [1.807, 2.05) is 0 Å². The van der Waals surface area contributed by atoms with Crippen molar-refractivity contribution < 1.29 is 13.2 Å². The van der Waals surface area contributed by atoms with E-state index in [1.165, 1.54) is 18.2 Å². The molecule has 1 unspecified atom stereocenters. The van der Waals surface area contributed by atoms with Gasteiger partial charge in [0.1, 0.15) is 17.4 Å². The molecule has 0 saturated carbocycles. The summed E-state index contributed by atoms with van der Waals surface area (Å²) in [5.74, 6) is 5.00. The first-order valence-corrected chi connectivity index (χ1v) is 5.62. The second-order valence-corrected chi connectivity index (χ2v) is 4.05. The number of halogens is 2. The van der Waals surface area contributed by atoms with Gasteiger partial charge in [-0.15, -0.1) is 0 Å². The van der Waals surface area contributed by atoms with Crippen LogP contribution in [0.4, 0.5) is 8.78 Å². The van der Waals surface area contributed by atoms with E-state index in [4.69, 9.17) is 10.3 Å². The molecular weight excluding hydrogens is 238 g/mol. The summed E-state index contributed by atoms with van der Waals surface area (Å²) in [5, 5.41) is 0. The monoisotopic (exact) mass is 252 g/mol. The lowest BCUT2D eigenvalue weighted by atomic mass is 10.0. The second-order valence-electron chi connectivity index (χ2n) is 4.05. The molecule has 5 heteroatoms. The van der Waals surface area contributed by atoms with Gasteiger partial charge < -0.3 is 4.42 Å². The Balaban J connectivity index is 2.10. The van der Waals surface area contributed by atoms with Crippen molar-refractivity contribution in [2.24, 2.45) is 5.84 Å². The van der Waals surface area contributed by atoms with Crippen LogP contribution < -0.4 is 11.3 Å². The standard InChI is InChI=1S/C13H14F2N2O/c14-12-4-1-5-13(15)11(12)8-9(17-16)7-10-3-2-6-18-10/h1-6,9,17H,7-8,16H2. The maximum absolute atomic E-state index is 13.5. The van der Waals surface area contributed by atoms with Crippen molar-refractivity contribution in [1.82, 2.24) is 5.43 Å². The van der Waals surface area contributed by atoms with E-state index in [0.29, 0.717) is 6.42 Å². The van der Waals surface area contributed by atoms with Crippen molar-refractivity contribution in [2.45, 2.75) is 18.9 Å². The summed E-state index contributed by atoms with van der Waals surface area (Å²) >= 11 is 0. The number of hydrogen-bond acceptors (Lipinski definition) is 3. The fourth-order valence-corrected chi connectivity index (χ4v) is 1.84. The van der Waals surface area contributed by atoms with Gasteiger partial charge in [0.2, 0.25) is 0 Å². The van der Waals surface area contributed by atoms with Crippen LogP contribution in [0.25, 0.3) is 0 Å². The summed E-state index contributed by atoms with van der Waals surface area (Å²) in [6.07, 6.45) is 2.18. The average Bonchev–Trinajstić information content (AvgIpc) is 2.85. The number of nitrogens with two attached hydrogens (primary N) is 1. The Hall–Kier alpha value is -1.72. The molecule has 0 aliphatic heterocycles. The van der Waals surface area contributed by atoms with Gasteiger partial charge in [0, 0.05) is 18.0 Å². The molecule has 1 heterocycles. The minimum absolute atomic E-state index is 0.0343. The van der Waals surface area contributed by atoms with Crippen LogP contribution >= 0.6 is 0 Å². The number of rotatable bonds is 5. The zero-order valence-electron chi connectivity index (χ0n) is 9.70. The number of hydrogen-bond donors (Lipinski definition) is 2. The lowest BCUT2D eigenvalue weighted by Crippen LogP contribution is -2.38. The maximum atomic E-state index is 13.5. The molecule has 1 aromatic heterocycles. The van der Waals surface area contributed by atoms with Crippen LogP contribution in [-0.4, -0.2) is 6.04 Å². The zero-order chi connectivity index (χ0) is 13.0. The van der Waals surface area contributed by atoms with Crippen LogP contribution in [-0.2, 0) is 12.8 Å². The van der Waals surface area contributed by atoms with Gasteiger partial charge in [-0.2, -0.15) is 0 Å². The number of hydrazine groups is 1. The smallest absolute Gasteiger partial charge is 0.129 e. The molecule has 0 bridgehead atoms. The van der Waals surface area contributed by atoms with Gasteiger partial charge >= 0.3 is 0 Å². The molecular formula is C13H14F2N2O. The van der Waals surface area contributed by atoms with Crippen molar-refractivity contribution in [2.75, 3.05) is 0 Å². The molecule has 1 aromatic carbocycles. The molecule has 0 spiro atoms. The number of furan rings is 1. The molecule has 2 aromatic rings. The highest BCUT2D eigenvalue weighted by Crippen LogP contribution is 2.16. The van der Waals surface area contributed by atoms with Crippen LogP contribution in [0.3, 0.4) is 0 Å². The van der Waals surface area contributed by atoms with Crippen LogP contribution in [0.5, 0.6) is 0 Å². The Kier molecular flexibility index (Phi) is 4.07. The highest BCUT2D eigenvalue weighted by molar-refractivity contribution is 5.21. The molecule has 18 heavy (non-hydrogen) atoms. The third-order valence-corrected chi connectivity index (χ3v) is 2.78. The fraction of sp³-hybridized carbons (Fsp3) is 0.231. The van der Waals surface area contributed by atoms with E-state index >= 15 is 0 Å². The number of nitrogens with one attached hydrogen (secondary N) is 1. The zero-order valence-corrected chi connectivity index (χ0v) is 9.70. The molecule has 0 amide bonds. The van der Waals surface area contributed by atoms with E-state index in [9.17, 15) is 8.78 Å². The van der Waals surface area contributed by atoms with Crippen molar-refractivity contribution >= 4 is 0 Å². The first-order valence-electron chi connectivity index (χ1n) is 5.62. The molecule has 0 aliphatic rings. The van der Waals surface area contributed by atoms with Crippen LogP contribution in [0.15, 0.2) is 41.0 Å². The van der Waals surface area contributed by atoms with Gasteiger partial charge in [0.25, 0.3) is 0 Å².